The van der Waals surface area contributed by atoms with Crippen molar-refractivity contribution in [2.24, 2.45) is 0 Å². The van der Waals surface area contributed by atoms with Crippen LogP contribution >= 0.6 is 0 Å². The first-order valence-corrected chi connectivity index (χ1v) is 34.0. The Morgan fingerprint density at radius 2 is 0.482 bits per heavy atom. The largest absolute Gasteiger partial charge is 0.462 e. The van der Waals surface area contributed by atoms with Gasteiger partial charge in [0.2, 0.25) is 0 Å². The summed E-state index contributed by atoms with van der Waals surface area (Å²) in [7, 11) is 0. The van der Waals surface area contributed by atoms with Crippen LogP contribution in [0.3, 0.4) is 0 Å². The summed E-state index contributed by atoms with van der Waals surface area (Å²) in [5.74, 6) is -0.981. The normalized spacial score (nSPS) is 13.1. The SMILES string of the molecule is CC/C=C\C/C=C\C/C=C\C/C=C\C/C=C\C/C=C\CCCCCCCCCCCCCCCCCCC(=O)OCC(COC(=O)CCCCCCC/C=C\C/C=C\CCC)OC(=O)CCC/C=C\C/C=C\C/C=C\C/C=C\C/C=C\CC. The van der Waals surface area contributed by atoms with Crippen LogP contribution in [0.15, 0.2) is 158 Å². The quantitative estimate of drug-likeness (QED) is 0.0261. The fourth-order valence-electron chi connectivity index (χ4n) is 8.99. The van der Waals surface area contributed by atoms with Gasteiger partial charge in [0.1, 0.15) is 13.2 Å². The van der Waals surface area contributed by atoms with Gasteiger partial charge in [0, 0.05) is 19.3 Å². The Hall–Kier alpha value is -4.97. The van der Waals surface area contributed by atoms with E-state index in [1.165, 1.54) is 96.3 Å². The zero-order valence-electron chi connectivity index (χ0n) is 53.7. The smallest absolute Gasteiger partial charge is 0.306 e. The number of hydrogen-bond donors (Lipinski definition) is 0. The summed E-state index contributed by atoms with van der Waals surface area (Å²) in [6.07, 6.45) is 101. The predicted molar refractivity (Wildman–Crippen MR) is 362 cm³/mol. The minimum absolute atomic E-state index is 0.109. The van der Waals surface area contributed by atoms with Crippen molar-refractivity contribution in [1.29, 1.82) is 0 Å². The molecule has 0 radical (unpaired) electrons. The molecule has 0 aromatic rings. The Labute approximate surface area is 511 Å². The third-order valence-electron chi connectivity index (χ3n) is 14.0. The van der Waals surface area contributed by atoms with E-state index in [1.807, 2.05) is 0 Å². The van der Waals surface area contributed by atoms with Gasteiger partial charge < -0.3 is 14.2 Å². The van der Waals surface area contributed by atoms with E-state index < -0.39 is 6.10 Å². The summed E-state index contributed by atoms with van der Waals surface area (Å²) in [4.78, 5) is 38.3. The summed E-state index contributed by atoms with van der Waals surface area (Å²) >= 11 is 0. The third-order valence-corrected chi connectivity index (χ3v) is 14.0. The molecule has 83 heavy (non-hydrogen) atoms. The summed E-state index contributed by atoms with van der Waals surface area (Å²) < 4.78 is 16.9. The minimum atomic E-state index is -0.820. The molecule has 0 spiro atoms. The molecular weight excluding hydrogens is 1020 g/mol. The molecular formula is C77H124O6. The van der Waals surface area contributed by atoms with E-state index >= 15 is 0 Å². The molecule has 1 atom stereocenters. The minimum Gasteiger partial charge on any atom is -0.462 e. The highest BCUT2D eigenvalue weighted by atomic mass is 16.6. The second kappa shape index (κ2) is 69.5. The highest BCUT2D eigenvalue weighted by Crippen LogP contribution is 2.16. The van der Waals surface area contributed by atoms with Crippen molar-refractivity contribution in [3.8, 4) is 0 Å². The zero-order valence-corrected chi connectivity index (χ0v) is 53.7. The first kappa shape index (κ1) is 78.0. The molecule has 0 saturated heterocycles. The van der Waals surface area contributed by atoms with Gasteiger partial charge in [-0.05, 0) is 135 Å². The van der Waals surface area contributed by atoms with Crippen molar-refractivity contribution in [2.45, 2.75) is 297 Å². The predicted octanol–water partition coefficient (Wildman–Crippen LogP) is 23.7. The summed E-state index contributed by atoms with van der Waals surface area (Å²) in [5, 5.41) is 0. The Bertz CT molecular complexity index is 1840. The molecule has 0 saturated carbocycles. The van der Waals surface area contributed by atoms with Crippen molar-refractivity contribution >= 4 is 17.9 Å². The Morgan fingerprint density at radius 3 is 0.771 bits per heavy atom. The van der Waals surface area contributed by atoms with Gasteiger partial charge in [-0.15, -0.1) is 0 Å². The van der Waals surface area contributed by atoms with Gasteiger partial charge in [0.15, 0.2) is 6.10 Å². The first-order chi connectivity index (χ1) is 41.0. The van der Waals surface area contributed by atoms with Gasteiger partial charge in [0.25, 0.3) is 0 Å². The highest BCUT2D eigenvalue weighted by molar-refractivity contribution is 5.71. The maximum Gasteiger partial charge on any atom is 0.306 e. The van der Waals surface area contributed by atoms with Gasteiger partial charge in [-0.3, -0.25) is 14.4 Å². The van der Waals surface area contributed by atoms with Crippen LogP contribution < -0.4 is 0 Å². The van der Waals surface area contributed by atoms with Gasteiger partial charge in [-0.2, -0.15) is 0 Å². The standard InChI is InChI=1S/C77H124O6/c1-4-7-10-13-16-19-22-25-27-29-30-31-32-33-34-35-36-37-38-39-40-41-42-43-44-45-46-48-49-52-55-58-61-64-67-70-76(79)82-73-74(72-81-75(78)69-66-63-60-57-54-51-24-21-18-15-12-9-6-3)83-77(80)71-68-65-62-59-56-53-50-47-28-26-23-20-17-14-11-8-5-2/h7-8,10-12,15-17,19-21,24-28,30-31,33-34,36-37,50,53,59,62,74H,4-6,9,13-14,18,22-23,29,32,35,38-49,51-52,54-58,60-61,63-73H2,1-3H3/b10-7-,11-8-,15-12-,19-16-,20-17-,24-21-,27-25-,28-26-,31-30-,34-33-,37-36-,53-50-,62-59-. The Balaban J connectivity index is 4.24. The molecule has 0 aliphatic rings. The van der Waals surface area contributed by atoms with E-state index in [0.29, 0.717) is 19.3 Å². The fourth-order valence-corrected chi connectivity index (χ4v) is 8.99. The van der Waals surface area contributed by atoms with Crippen LogP contribution in [0, 0.1) is 0 Å². The lowest BCUT2D eigenvalue weighted by atomic mass is 10.0. The number of carbonyl (C=O) groups is 3. The lowest BCUT2D eigenvalue weighted by Gasteiger charge is -2.18. The first-order valence-electron chi connectivity index (χ1n) is 34.0. The summed E-state index contributed by atoms with van der Waals surface area (Å²) in [6, 6.07) is 0. The molecule has 0 N–H and O–H groups in total. The van der Waals surface area contributed by atoms with Crippen molar-refractivity contribution in [3.63, 3.8) is 0 Å². The topological polar surface area (TPSA) is 78.9 Å². The molecule has 0 fully saturated rings. The summed E-state index contributed by atoms with van der Waals surface area (Å²) in [5.41, 5.74) is 0. The molecule has 6 nitrogen and oxygen atoms in total. The molecule has 0 aromatic heterocycles. The number of allylic oxidation sites excluding steroid dienone is 26. The van der Waals surface area contributed by atoms with Gasteiger partial charge in [-0.1, -0.05) is 294 Å². The average molecular weight is 1150 g/mol. The van der Waals surface area contributed by atoms with Crippen LogP contribution in [0.2, 0.25) is 0 Å². The number of hydrogen-bond acceptors (Lipinski definition) is 6. The second-order valence-corrected chi connectivity index (χ2v) is 22.0. The van der Waals surface area contributed by atoms with E-state index in [9.17, 15) is 14.4 Å². The number of esters is 3. The number of unbranched alkanes of at least 4 members (excludes halogenated alkanes) is 23. The van der Waals surface area contributed by atoms with E-state index in [-0.39, 0.29) is 37.5 Å². The van der Waals surface area contributed by atoms with Crippen LogP contribution in [0.4, 0.5) is 0 Å². The van der Waals surface area contributed by atoms with Crippen molar-refractivity contribution in [3.05, 3.63) is 158 Å². The second-order valence-electron chi connectivity index (χ2n) is 22.0. The molecule has 1 unspecified atom stereocenters. The molecule has 0 heterocycles. The fraction of sp³-hybridized carbons (Fsp3) is 0.623. The number of rotatable bonds is 60. The van der Waals surface area contributed by atoms with Crippen LogP contribution in [0.5, 0.6) is 0 Å². The monoisotopic (exact) mass is 1140 g/mol. The van der Waals surface area contributed by atoms with Gasteiger partial charge in [-0.25, -0.2) is 0 Å². The Kier molecular flexibility index (Phi) is 65.4. The average Bonchev–Trinajstić information content (AvgIpc) is 3.49. The molecule has 0 bridgehead atoms. The van der Waals surface area contributed by atoms with Gasteiger partial charge >= 0.3 is 17.9 Å². The van der Waals surface area contributed by atoms with Crippen LogP contribution in [0.1, 0.15) is 290 Å². The molecule has 0 aliphatic carbocycles. The summed E-state index contributed by atoms with van der Waals surface area (Å²) in [6.45, 7) is 6.29. The van der Waals surface area contributed by atoms with Crippen molar-refractivity contribution < 1.29 is 28.6 Å². The number of ether oxygens (including phenoxy) is 3. The number of carbonyl (C=O) groups excluding carboxylic acids is 3. The highest BCUT2D eigenvalue weighted by Gasteiger charge is 2.19. The van der Waals surface area contributed by atoms with Crippen molar-refractivity contribution in [1.82, 2.24) is 0 Å². The maximum atomic E-state index is 12.9. The van der Waals surface area contributed by atoms with Gasteiger partial charge in [0.05, 0.1) is 0 Å². The Morgan fingerprint density at radius 1 is 0.253 bits per heavy atom. The molecule has 468 valence electrons. The van der Waals surface area contributed by atoms with E-state index in [0.717, 1.165) is 148 Å². The third kappa shape index (κ3) is 67.7. The zero-order chi connectivity index (χ0) is 59.9. The van der Waals surface area contributed by atoms with E-state index in [4.69, 9.17) is 14.2 Å². The van der Waals surface area contributed by atoms with Crippen LogP contribution in [0.25, 0.3) is 0 Å². The lowest BCUT2D eigenvalue weighted by molar-refractivity contribution is -0.167. The van der Waals surface area contributed by atoms with Crippen LogP contribution in [-0.4, -0.2) is 37.2 Å². The molecule has 0 aromatic carbocycles. The lowest BCUT2D eigenvalue weighted by Crippen LogP contribution is -2.30. The van der Waals surface area contributed by atoms with Crippen molar-refractivity contribution in [2.75, 3.05) is 13.2 Å². The molecule has 0 rings (SSSR count). The molecule has 0 amide bonds. The maximum absolute atomic E-state index is 12.9. The van der Waals surface area contributed by atoms with E-state index in [1.54, 1.807) is 0 Å². The van der Waals surface area contributed by atoms with Crippen LogP contribution in [-0.2, 0) is 28.6 Å². The van der Waals surface area contributed by atoms with E-state index in [2.05, 4.69) is 179 Å². The molecule has 6 heteroatoms. The molecule has 0 aliphatic heterocycles.